The number of carbonyl (C=O) groups is 1. The van der Waals surface area contributed by atoms with Crippen LogP contribution >= 0.6 is 0 Å². The number of rotatable bonds is 9. The molecule has 1 unspecified atom stereocenters. The summed E-state index contributed by atoms with van der Waals surface area (Å²) in [7, 11) is 0. The van der Waals surface area contributed by atoms with Crippen LogP contribution in [0, 0.1) is 6.92 Å². The van der Waals surface area contributed by atoms with E-state index in [1.807, 2.05) is 0 Å². The molecule has 190 valence electrons. The number of benzene rings is 2. The molecule has 0 aliphatic carbocycles. The maximum atomic E-state index is 12.5. The highest BCUT2D eigenvalue weighted by Crippen LogP contribution is 2.46. The van der Waals surface area contributed by atoms with Gasteiger partial charge in [0.15, 0.2) is 0 Å². The summed E-state index contributed by atoms with van der Waals surface area (Å²) in [4.78, 5) is 16.2. The van der Waals surface area contributed by atoms with Crippen LogP contribution in [0.25, 0.3) is 21.7 Å². The van der Waals surface area contributed by atoms with E-state index < -0.39 is 31.2 Å². The number of aryl methyl sites for hydroxylation is 1. The van der Waals surface area contributed by atoms with Crippen LogP contribution in [-0.4, -0.2) is 52.2 Å². The number of furan rings is 1. The first kappa shape index (κ1) is 25.3. The number of ether oxygens (including phenoxy) is 1. The molecule has 0 aliphatic rings. The van der Waals surface area contributed by atoms with E-state index in [1.54, 1.807) is 24.5 Å². The number of carboxylic acids is 1. The number of aromatic nitrogens is 1. The van der Waals surface area contributed by atoms with E-state index >= 15 is 0 Å². The lowest BCUT2D eigenvalue weighted by molar-refractivity contribution is -0.139. The fourth-order valence-electron chi connectivity index (χ4n) is 4.24. The van der Waals surface area contributed by atoms with Gasteiger partial charge in [0.25, 0.3) is 0 Å². The fraction of sp³-hybridized carbons (Fsp3) is 0.280. The second-order valence-corrected chi connectivity index (χ2v) is 8.12. The molecule has 0 fully saturated rings. The van der Waals surface area contributed by atoms with Crippen molar-refractivity contribution in [3.8, 4) is 11.5 Å². The monoisotopic (exact) mass is 504 g/mol. The first-order valence-electron chi connectivity index (χ1n) is 11.0. The molecule has 4 N–H and O–H groups in total. The number of alkyl halides is 3. The van der Waals surface area contributed by atoms with Crippen molar-refractivity contribution in [3.63, 3.8) is 0 Å². The molecule has 2 aromatic carbocycles. The summed E-state index contributed by atoms with van der Waals surface area (Å²) in [6.45, 7) is 0.794. The predicted octanol–water partition coefficient (Wildman–Crippen LogP) is 4.70. The third-order valence-corrected chi connectivity index (χ3v) is 5.76. The lowest BCUT2D eigenvalue weighted by Gasteiger charge is -2.22. The Hall–Kier alpha value is -3.83. The zero-order valence-corrected chi connectivity index (χ0v) is 19.1. The standard InChI is InChI=1S/C25H23F3N2O6/c1-13-18(24(33)34)19-20(21(30-9-10-31)14-4-7-29-8-5-14)22(32)16-3-2-15(12-17(16)23(19)36-13)35-11-6-25(26,27)28/h2-5,7-8,12,21,30-32H,6,9-11H2,1H3,(H,33,34). The van der Waals surface area contributed by atoms with Gasteiger partial charge in [-0.15, -0.1) is 0 Å². The van der Waals surface area contributed by atoms with Gasteiger partial charge in [0, 0.05) is 40.7 Å². The molecule has 0 saturated heterocycles. The van der Waals surface area contributed by atoms with Crippen LogP contribution in [0.2, 0.25) is 0 Å². The number of aromatic hydroxyl groups is 1. The number of fused-ring (bicyclic) bond motifs is 3. The lowest BCUT2D eigenvalue weighted by atomic mass is 9.90. The highest BCUT2D eigenvalue weighted by atomic mass is 19.4. The third-order valence-electron chi connectivity index (χ3n) is 5.76. The number of hydrogen-bond acceptors (Lipinski definition) is 7. The summed E-state index contributed by atoms with van der Waals surface area (Å²) in [6.07, 6.45) is -2.43. The van der Waals surface area contributed by atoms with E-state index in [4.69, 9.17) is 9.15 Å². The molecule has 11 heteroatoms. The van der Waals surface area contributed by atoms with E-state index in [0.29, 0.717) is 5.56 Å². The molecule has 0 spiro atoms. The molecule has 2 heterocycles. The molecule has 0 saturated carbocycles. The molecular weight excluding hydrogens is 481 g/mol. The molecule has 0 radical (unpaired) electrons. The topological polar surface area (TPSA) is 125 Å². The summed E-state index contributed by atoms with van der Waals surface area (Å²) in [5.74, 6) is -1.32. The van der Waals surface area contributed by atoms with Crippen LogP contribution in [0.15, 0.2) is 47.1 Å². The number of nitrogens with zero attached hydrogens (tertiary/aromatic N) is 1. The number of carboxylic acid groups (broad SMARTS) is 1. The quantitative estimate of drug-likeness (QED) is 0.259. The van der Waals surface area contributed by atoms with Crippen LogP contribution < -0.4 is 10.1 Å². The van der Waals surface area contributed by atoms with Gasteiger partial charge in [-0.1, -0.05) is 0 Å². The number of hydrogen-bond donors (Lipinski definition) is 4. The molecule has 0 aliphatic heterocycles. The van der Waals surface area contributed by atoms with Gasteiger partial charge >= 0.3 is 12.1 Å². The molecule has 0 bridgehead atoms. The predicted molar refractivity (Wildman–Crippen MR) is 124 cm³/mol. The lowest BCUT2D eigenvalue weighted by Crippen LogP contribution is -2.26. The maximum Gasteiger partial charge on any atom is 0.392 e. The van der Waals surface area contributed by atoms with E-state index in [0.717, 1.165) is 0 Å². The van der Waals surface area contributed by atoms with Crippen LogP contribution in [-0.2, 0) is 0 Å². The van der Waals surface area contributed by atoms with Gasteiger partial charge in [-0.25, -0.2) is 4.79 Å². The molecule has 36 heavy (non-hydrogen) atoms. The van der Waals surface area contributed by atoms with E-state index in [2.05, 4.69) is 10.3 Å². The van der Waals surface area contributed by atoms with Gasteiger partial charge in [0.1, 0.15) is 28.4 Å². The van der Waals surface area contributed by atoms with Gasteiger partial charge in [-0.3, -0.25) is 4.98 Å². The molecule has 2 aromatic heterocycles. The molecule has 0 amide bonds. The largest absolute Gasteiger partial charge is 0.507 e. The molecule has 4 aromatic rings. The molecular formula is C25H23F3N2O6. The number of phenols is 1. The van der Waals surface area contributed by atoms with Gasteiger partial charge in [-0.2, -0.15) is 13.2 Å². The Morgan fingerprint density at radius 2 is 1.92 bits per heavy atom. The number of aliphatic hydroxyl groups is 1. The number of halogens is 3. The highest BCUT2D eigenvalue weighted by molar-refractivity contribution is 6.16. The maximum absolute atomic E-state index is 12.5. The summed E-state index contributed by atoms with van der Waals surface area (Å²) < 4.78 is 48.7. The fourth-order valence-corrected chi connectivity index (χ4v) is 4.24. The minimum atomic E-state index is -4.38. The second-order valence-electron chi connectivity index (χ2n) is 8.12. The molecule has 1 atom stereocenters. The summed E-state index contributed by atoms with van der Waals surface area (Å²) in [5, 5.41) is 34.6. The van der Waals surface area contributed by atoms with Crippen LogP contribution in [0.1, 0.15) is 39.7 Å². The first-order chi connectivity index (χ1) is 17.1. The van der Waals surface area contributed by atoms with Gasteiger partial charge < -0.3 is 29.8 Å². The van der Waals surface area contributed by atoms with Gasteiger partial charge in [0.05, 0.1) is 25.7 Å². The Kier molecular flexibility index (Phi) is 7.04. The zero-order valence-electron chi connectivity index (χ0n) is 19.1. The van der Waals surface area contributed by atoms with Crippen molar-refractivity contribution in [1.82, 2.24) is 10.3 Å². The smallest absolute Gasteiger partial charge is 0.392 e. The normalized spacial score (nSPS) is 12.8. The minimum absolute atomic E-state index is 0.0877. The Balaban J connectivity index is 1.97. The minimum Gasteiger partial charge on any atom is -0.507 e. The zero-order chi connectivity index (χ0) is 26.0. The van der Waals surface area contributed by atoms with Crippen molar-refractivity contribution >= 4 is 27.7 Å². The Bertz CT molecular complexity index is 1400. The second kappa shape index (κ2) is 10.0. The van der Waals surface area contributed by atoms with Crippen molar-refractivity contribution < 1.29 is 42.4 Å². The summed E-state index contributed by atoms with van der Waals surface area (Å²) in [5.41, 5.74) is 0.845. The number of phenolic OH excluding ortho intramolecular Hbond substituents is 1. The first-order valence-corrected chi connectivity index (χ1v) is 11.0. The van der Waals surface area contributed by atoms with E-state index in [-0.39, 0.29) is 63.3 Å². The van der Waals surface area contributed by atoms with Crippen LogP contribution in [0.5, 0.6) is 11.5 Å². The van der Waals surface area contributed by atoms with Crippen molar-refractivity contribution in [2.45, 2.75) is 25.6 Å². The van der Waals surface area contributed by atoms with Crippen molar-refractivity contribution in [2.75, 3.05) is 19.8 Å². The Morgan fingerprint density at radius 1 is 1.19 bits per heavy atom. The molecule has 4 rings (SSSR count). The number of aliphatic hydroxyl groups excluding tert-OH is 1. The number of nitrogens with one attached hydrogen (secondary N) is 1. The number of pyridine rings is 1. The summed E-state index contributed by atoms with van der Waals surface area (Å²) in [6, 6.07) is 6.94. The van der Waals surface area contributed by atoms with E-state index in [9.17, 15) is 33.3 Å². The van der Waals surface area contributed by atoms with Gasteiger partial charge in [0.2, 0.25) is 0 Å². The SMILES string of the molecule is Cc1oc2c(c1C(=O)O)c(C(NCCO)c1ccncc1)c(O)c1ccc(OCCC(F)(F)F)cc12. The average Bonchev–Trinajstić information content (AvgIpc) is 3.18. The van der Waals surface area contributed by atoms with Crippen LogP contribution in [0.3, 0.4) is 0 Å². The van der Waals surface area contributed by atoms with Crippen molar-refractivity contribution in [2.24, 2.45) is 0 Å². The summed E-state index contributed by atoms with van der Waals surface area (Å²) >= 11 is 0. The Morgan fingerprint density at radius 3 is 2.56 bits per heavy atom. The van der Waals surface area contributed by atoms with E-state index in [1.165, 1.54) is 25.1 Å². The third kappa shape index (κ3) is 4.93. The number of aromatic carboxylic acids is 1. The van der Waals surface area contributed by atoms with Crippen molar-refractivity contribution in [3.05, 3.63) is 65.2 Å². The van der Waals surface area contributed by atoms with Crippen molar-refractivity contribution in [1.29, 1.82) is 0 Å². The van der Waals surface area contributed by atoms with Crippen LogP contribution in [0.4, 0.5) is 13.2 Å². The van der Waals surface area contributed by atoms with Gasteiger partial charge in [-0.05, 0) is 42.8 Å². The average molecular weight is 504 g/mol. The Labute approximate surface area is 202 Å². The highest BCUT2D eigenvalue weighted by Gasteiger charge is 2.31. The molecule has 8 nitrogen and oxygen atoms in total.